The second-order valence-corrected chi connectivity index (χ2v) is 5.90. The van der Waals surface area contributed by atoms with E-state index in [1.54, 1.807) is 0 Å². The van der Waals surface area contributed by atoms with Crippen LogP contribution in [-0.2, 0) is 6.42 Å². The second kappa shape index (κ2) is 4.68. The molecule has 0 atom stereocenters. The topological polar surface area (TPSA) is 0 Å². The molecule has 0 N–H and O–H groups in total. The highest BCUT2D eigenvalue weighted by Gasteiger charge is 2.08. The fourth-order valence-corrected chi connectivity index (χ4v) is 3.40. The molecule has 4 aromatic rings. The van der Waals surface area contributed by atoms with Crippen molar-refractivity contribution >= 4 is 44.9 Å². The monoisotopic (exact) mass is 276 g/mol. The molecule has 4 rings (SSSR count). The highest BCUT2D eigenvalue weighted by molar-refractivity contribution is 7.80. The molecule has 0 bridgehead atoms. The van der Waals surface area contributed by atoms with Crippen molar-refractivity contribution in [2.75, 3.05) is 5.75 Å². The van der Waals surface area contributed by atoms with Gasteiger partial charge in [-0.3, -0.25) is 0 Å². The first-order valence-corrected chi connectivity index (χ1v) is 7.77. The molecular formula is C19H16S. The summed E-state index contributed by atoms with van der Waals surface area (Å²) in [6.45, 7) is 0. The summed E-state index contributed by atoms with van der Waals surface area (Å²) in [6, 6.07) is 20.2. The Labute approximate surface area is 124 Å². The lowest BCUT2D eigenvalue weighted by atomic mass is 9.92. The van der Waals surface area contributed by atoms with E-state index >= 15 is 0 Å². The number of hydrogen-bond acceptors (Lipinski definition) is 1. The fraction of sp³-hybridized carbons (Fsp3) is 0.158. The van der Waals surface area contributed by atoms with Gasteiger partial charge >= 0.3 is 0 Å². The first-order valence-electron chi connectivity index (χ1n) is 7.14. The molecular weight excluding hydrogens is 260 g/mol. The minimum absolute atomic E-state index is 0.949. The Morgan fingerprint density at radius 1 is 0.700 bits per heavy atom. The van der Waals surface area contributed by atoms with Crippen LogP contribution in [0.2, 0.25) is 0 Å². The minimum atomic E-state index is 0.949. The summed E-state index contributed by atoms with van der Waals surface area (Å²) in [6.07, 6.45) is 2.25. The summed E-state index contributed by atoms with van der Waals surface area (Å²) < 4.78 is 0. The number of rotatable bonds is 3. The number of thiol groups is 1. The maximum Gasteiger partial charge on any atom is -0.00266 e. The largest absolute Gasteiger partial charge is 0.179 e. The Morgan fingerprint density at radius 3 is 1.85 bits per heavy atom. The van der Waals surface area contributed by atoms with Crippen molar-refractivity contribution in [3.63, 3.8) is 0 Å². The standard InChI is InChI=1S/C19H16S/c20-10-2-3-13-11-16-8-6-14-4-1-5-15-7-9-17(12-13)19(16)18(14)15/h1,4-9,11-12,20H,2-3,10H2. The maximum absolute atomic E-state index is 4.32. The minimum Gasteiger partial charge on any atom is -0.179 e. The average molecular weight is 276 g/mol. The molecule has 4 aromatic carbocycles. The van der Waals surface area contributed by atoms with Crippen molar-refractivity contribution < 1.29 is 0 Å². The molecule has 98 valence electrons. The predicted molar refractivity (Wildman–Crippen MR) is 92.3 cm³/mol. The third kappa shape index (κ3) is 1.77. The van der Waals surface area contributed by atoms with E-state index in [1.807, 2.05) is 0 Å². The zero-order valence-corrected chi connectivity index (χ0v) is 12.2. The van der Waals surface area contributed by atoms with Gasteiger partial charge in [0, 0.05) is 0 Å². The summed E-state index contributed by atoms with van der Waals surface area (Å²) in [7, 11) is 0. The predicted octanol–water partition coefficient (Wildman–Crippen LogP) is 5.45. The zero-order valence-electron chi connectivity index (χ0n) is 11.3. The van der Waals surface area contributed by atoms with Gasteiger partial charge in [0.1, 0.15) is 0 Å². The summed E-state index contributed by atoms with van der Waals surface area (Å²) in [5.74, 6) is 0.949. The van der Waals surface area contributed by atoms with E-state index in [9.17, 15) is 0 Å². The smallest absolute Gasteiger partial charge is 0.00266 e. The quantitative estimate of drug-likeness (QED) is 0.373. The van der Waals surface area contributed by atoms with Gasteiger partial charge in [-0.05, 0) is 56.5 Å². The molecule has 0 saturated heterocycles. The van der Waals surface area contributed by atoms with Crippen molar-refractivity contribution in [1.82, 2.24) is 0 Å². The van der Waals surface area contributed by atoms with E-state index in [1.165, 1.54) is 37.9 Å². The summed E-state index contributed by atoms with van der Waals surface area (Å²) in [4.78, 5) is 0. The summed E-state index contributed by atoms with van der Waals surface area (Å²) in [5.41, 5.74) is 1.42. The highest BCUT2D eigenvalue weighted by Crippen LogP contribution is 2.35. The van der Waals surface area contributed by atoms with Gasteiger partial charge in [-0.25, -0.2) is 0 Å². The Kier molecular flexibility index (Phi) is 2.82. The van der Waals surface area contributed by atoms with Crippen LogP contribution < -0.4 is 0 Å². The van der Waals surface area contributed by atoms with Gasteiger partial charge in [0.15, 0.2) is 0 Å². The van der Waals surface area contributed by atoms with Gasteiger partial charge in [-0.2, -0.15) is 12.6 Å². The first-order chi connectivity index (χ1) is 9.86. The molecule has 0 aliphatic rings. The van der Waals surface area contributed by atoms with E-state index in [-0.39, 0.29) is 0 Å². The molecule has 1 heteroatoms. The molecule has 0 nitrogen and oxygen atoms in total. The highest BCUT2D eigenvalue weighted by atomic mass is 32.1. The number of benzene rings is 4. The number of aryl methyl sites for hydroxylation is 1. The second-order valence-electron chi connectivity index (χ2n) is 5.45. The molecule has 0 amide bonds. The molecule has 0 fully saturated rings. The molecule has 0 aliphatic carbocycles. The van der Waals surface area contributed by atoms with Crippen LogP contribution in [-0.4, -0.2) is 5.75 Å². The summed E-state index contributed by atoms with van der Waals surface area (Å²) in [5, 5.41) is 8.22. The molecule has 0 aliphatic heterocycles. The van der Waals surface area contributed by atoms with Crippen molar-refractivity contribution in [3.8, 4) is 0 Å². The Bertz CT molecular complexity index is 828. The third-order valence-electron chi connectivity index (χ3n) is 4.15. The lowest BCUT2D eigenvalue weighted by Crippen LogP contribution is -1.89. The molecule has 0 unspecified atom stereocenters. The van der Waals surface area contributed by atoms with Crippen molar-refractivity contribution in [2.24, 2.45) is 0 Å². The van der Waals surface area contributed by atoms with E-state index in [0.717, 1.165) is 18.6 Å². The van der Waals surface area contributed by atoms with Crippen LogP contribution >= 0.6 is 12.6 Å². The average Bonchev–Trinajstić information content (AvgIpc) is 2.50. The summed E-state index contributed by atoms with van der Waals surface area (Å²) >= 11 is 4.32. The third-order valence-corrected chi connectivity index (χ3v) is 4.46. The van der Waals surface area contributed by atoms with E-state index in [0.29, 0.717) is 0 Å². The molecule has 0 aromatic heterocycles. The van der Waals surface area contributed by atoms with E-state index in [2.05, 4.69) is 67.2 Å². The van der Waals surface area contributed by atoms with Gasteiger partial charge in [0.2, 0.25) is 0 Å². The SMILES string of the molecule is SCCCc1cc2ccc3cccc4ccc(c1)c2c34. The fourth-order valence-electron chi connectivity index (χ4n) is 3.25. The van der Waals surface area contributed by atoms with Gasteiger partial charge < -0.3 is 0 Å². The van der Waals surface area contributed by atoms with Gasteiger partial charge in [-0.15, -0.1) is 0 Å². The molecule has 0 saturated carbocycles. The Balaban J connectivity index is 2.08. The van der Waals surface area contributed by atoms with Crippen LogP contribution in [0.3, 0.4) is 0 Å². The van der Waals surface area contributed by atoms with Crippen molar-refractivity contribution in [1.29, 1.82) is 0 Å². The molecule has 0 heterocycles. The van der Waals surface area contributed by atoms with Crippen LogP contribution in [0.4, 0.5) is 0 Å². The molecule has 20 heavy (non-hydrogen) atoms. The van der Waals surface area contributed by atoms with E-state index in [4.69, 9.17) is 0 Å². The lowest BCUT2D eigenvalue weighted by Gasteiger charge is -2.12. The number of hydrogen-bond donors (Lipinski definition) is 1. The van der Waals surface area contributed by atoms with Gasteiger partial charge in [0.05, 0.1) is 0 Å². The van der Waals surface area contributed by atoms with Crippen LogP contribution in [0.25, 0.3) is 32.3 Å². The lowest BCUT2D eigenvalue weighted by molar-refractivity contribution is 0.939. The van der Waals surface area contributed by atoms with Gasteiger partial charge in [-0.1, -0.05) is 54.6 Å². The zero-order chi connectivity index (χ0) is 13.5. The van der Waals surface area contributed by atoms with Crippen LogP contribution in [0.15, 0.2) is 54.6 Å². The molecule has 0 radical (unpaired) electrons. The van der Waals surface area contributed by atoms with Crippen molar-refractivity contribution in [3.05, 3.63) is 60.2 Å². The maximum atomic E-state index is 4.32. The van der Waals surface area contributed by atoms with Crippen LogP contribution in [0.1, 0.15) is 12.0 Å². The van der Waals surface area contributed by atoms with Gasteiger partial charge in [0.25, 0.3) is 0 Å². The molecule has 0 spiro atoms. The Morgan fingerprint density at radius 2 is 1.25 bits per heavy atom. The first kappa shape index (κ1) is 12.0. The van der Waals surface area contributed by atoms with Crippen LogP contribution in [0, 0.1) is 0 Å². The van der Waals surface area contributed by atoms with Crippen LogP contribution in [0.5, 0.6) is 0 Å². The van der Waals surface area contributed by atoms with Crippen molar-refractivity contribution in [2.45, 2.75) is 12.8 Å². The van der Waals surface area contributed by atoms with E-state index < -0.39 is 0 Å². The Hall–Kier alpha value is -1.73. The normalized spacial score (nSPS) is 11.8.